The topological polar surface area (TPSA) is 126 Å². The number of benzene rings is 2. The molecule has 0 saturated heterocycles. The molecule has 176 valence electrons. The second-order valence-electron chi connectivity index (χ2n) is 7.67. The molecule has 2 aromatic rings. The molecule has 3 N–H and O–H groups in total. The van der Waals surface area contributed by atoms with Gasteiger partial charge in [-0.15, -0.1) is 0 Å². The highest BCUT2D eigenvalue weighted by molar-refractivity contribution is 5.90. The molecule has 1 aliphatic heterocycles. The molecular formula is C24H27NO8. The van der Waals surface area contributed by atoms with E-state index in [2.05, 4.69) is 18.0 Å². The van der Waals surface area contributed by atoms with E-state index < -0.39 is 11.9 Å². The SMILES string of the molecule is COc1cc2c3c(c1O)-c1c(ccc(OC)c1OC)CC3N(C)CC2.O=C(O)/C=C/C(=O)O. The summed E-state index contributed by atoms with van der Waals surface area (Å²) in [5.41, 5.74) is 5.32. The Kier molecular flexibility index (Phi) is 7.13. The summed E-state index contributed by atoms with van der Waals surface area (Å²) < 4.78 is 16.6. The molecule has 1 aliphatic carbocycles. The molecule has 1 unspecified atom stereocenters. The highest BCUT2D eigenvalue weighted by atomic mass is 16.5. The lowest BCUT2D eigenvalue weighted by Gasteiger charge is -2.40. The van der Waals surface area contributed by atoms with Crippen molar-refractivity contribution in [1.29, 1.82) is 0 Å². The van der Waals surface area contributed by atoms with Gasteiger partial charge in [-0.25, -0.2) is 9.59 Å². The van der Waals surface area contributed by atoms with E-state index in [1.54, 1.807) is 21.3 Å². The van der Waals surface area contributed by atoms with Crippen molar-refractivity contribution >= 4 is 11.9 Å². The maximum atomic E-state index is 11.0. The third kappa shape index (κ3) is 4.58. The first-order valence-corrected chi connectivity index (χ1v) is 10.2. The minimum absolute atomic E-state index is 0.175. The summed E-state index contributed by atoms with van der Waals surface area (Å²) in [7, 11) is 7.00. The van der Waals surface area contributed by atoms with Crippen LogP contribution >= 0.6 is 0 Å². The zero-order chi connectivity index (χ0) is 24.3. The van der Waals surface area contributed by atoms with Gasteiger partial charge in [-0.05, 0) is 48.7 Å². The van der Waals surface area contributed by atoms with Crippen LogP contribution in [0.15, 0.2) is 30.4 Å². The largest absolute Gasteiger partial charge is 0.504 e. The summed E-state index contributed by atoms with van der Waals surface area (Å²) in [6.07, 6.45) is 2.94. The number of carboxylic acid groups (broad SMARTS) is 2. The number of carboxylic acids is 2. The Morgan fingerprint density at radius 1 is 0.970 bits per heavy atom. The average molecular weight is 457 g/mol. The number of carbonyl (C=O) groups is 2. The van der Waals surface area contributed by atoms with E-state index in [-0.39, 0.29) is 11.8 Å². The fourth-order valence-corrected chi connectivity index (χ4v) is 4.41. The Bertz CT molecular complexity index is 1090. The number of likely N-dealkylation sites (N-methyl/N-ethyl adjacent to an activating group) is 1. The minimum atomic E-state index is -1.26. The fourth-order valence-electron chi connectivity index (χ4n) is 4.41. The molecule has 1 atom stereocenters. The lowest BCUT2D eigenvalue weighted by Crippen LogP contribution is -2.35. The highest BCUT2D eigenvalue weighted by Gasteiger charge is 2.37. The van der Waals surface area contributed by atoms with E-state index in [9.17, 15) is 14.7 Å². The molecule has 0 fully saturated rings. The molecule has 2 aromatic carbocycles. The number of aromatic hydroxyl groups is 1. The maximum absolute atomic E-state index is 11.0. The van der Waals surface area contributed by atoms with Crippen LogP contribution in [0.25, 0.3) is 11.1 Å². The van der Waals surface area contributed by atoms with Gasteiger partial charge in [0.2, 0.25) is 0 Å². The third-order valence-corrected chi connectivity index (χ3v) is 5.87. The molecule has 0 saturated carbocycles. The van der Waals surface area contributed by atoms with Crippen molar-refractivity contribution in [3.05, 3.63) is 47.0 Å². The van der Waals surface area contributed by atoms with E-state index >= 15 is 0 Å². The first-order valence-electron chi connectivity index (χ1n) is 10.2. The number of fused-ring (bicyclic) bond motifs is 2. The van der Waals surface area contributed by atoms with Crippen molar-refractivity contribution in [2.75, 3.05) is 34.9 Å². The molecule has 1 heterocycles. The van der Waals surface area contributed by atoms with E-state index in [0.717, 1.165) is 36.1 Å². The lowest BCUT2D eigenvalue weighted by molar-refractivity contribution is -0.134. The maximum Gasteiger partial charge on any atom is 0.328 e. The Hall–Kier alpha value is -3.72. The normalized spacial score (nSPS) is 16.2. The predicted octanol–water partition coefficient (Wildman–Crippen LogP) is 2.88. The zero-order valence-electron chi connectivity index (χ0n) is 18.9. The first-order chi connectivity index (χ1) is 15.7. The molecule has 4 rings (SSSR count). The molecule has 9 heteroatoms. The van der Waals surface area contributed by atoms with Crippen LogP contribution in [0.2, 0.25) is 0 Å². The van der Waals surface area contributed by atoms with Crippen molar-refractivity contribution in [1.82, 2.24) is 4.90 Å². The highest BCUT2D eigenvalue weighted by Crippen LogP contribution is 2.55. The van der Waals surface area contributed by atoms with Gasteiger partial charge in [-0.3, -0.25) is 4.90 Å². The summed E-state index contributed by atoms with van der Waals surface area (Å²) in [6, 6.07) is 6.23. The number of phenolic OH excluding ortho intramolecular Hbond substituents is 1. The molecule has 33 heavy (non-hydrogen) atoms. The Morgan fingerprint density at radius 2 is 1.61 bits per heavy atom. The Balaban J connectivity index is 0.000000331. The van der Waals surface area contributed by atoms with Crippen molar-refractivity contribution in [2.45, 2.75) is 18.9 Å². The zero-order valence-corrected chi connectivity index (χ0v) is 18.9. The van der Waals surface area contributed by atoms with Crippen molar-refractivity contribution in [3.63, 3.8) is 0 Å². The molecule has 9 nitrogen and oxygen atoms in total. The summed E-state index contributed by atoms with van der Waals surface area (Å²) in [5, 5.41) is 26.6. The van der Waals surface area contributed by atoms with Gasteiger partial charge in [0, 0.05) is 35.9 Å². The third-order valence-electron chi connectivity index (χ3n) is 5.87. The summed E-state index contributed by atoms with van der Waals surface area (Å²) >= 11 is 0. The second kappa shape index (κ2) is 9.83. The summed E-state index contributed by atoms with van der Waals surface area (Å²) in [5.74, 6) is -0.499. The number of phenols is 1. The smallest absolute Gasteiger partial charge is 0.328 e. The van der Waals surface area contributed by atoms with Gasteiger partial charge < -0.3 is 29.5 Å². The number of ether oxygens (including phenoxy) is 3. The Morgan fingerprint density at radius 3 is 2.15 bits per heavy atom. The van der Waals surface area contributed by atoms with Crippen molar-refractivity contribution in [2.24, 2.45) is 0 Å². The van der Waals surface area contributed by atoms with Gasteiger partial charge in [0.15, 0.2) is 23.0 Å². The number of aliphatic carboxylic acids is 2. The molecule has 0 bridgehead atoms. The van der Waals surface area contributed by atoms with Crippen LogP contribution in [0.5, 0.6) is 23.0 Å². The molecule has 0 spiro atoms. The molecule has 0 amide bonds. The number of rotatable bonds is 5. The standard InChI is InChI=1S/C20H23NO4.C4H4O4/c1-21-8-7-12-10-15(24-3)19(22)18-16(12)13(21)9-11-5-6-14(23-2)20(25-4)17(11)18;5-3(6)1-2-4(7)8/h5-6,10,13,22H,7-9H2,1-4H3;1-2H,(H,5,6)(H,7,8)/b;2-1+. The monoisotopic (exact) mass is 457 g/mol. The number of methoxy groups -OCH3 is 3. The van der Waals surface area contributed by atoms with Crippen LogP contribution in [0, 0.1) is 0 Å². The number of nitrogens with zero attached hydrogens (tertiary/aromatic N) is 1. The van der Waals surface area contributed by atoms with Gasteiger partial charge in [-0.1, -0.05) is 6.07 Å². The van der Waals surface area contributed by atoms with Crippen LogP contribution in [-0.4, -0.2) is 67.1 Å². The molecule has 0 radical (unpaired) electrons. The molecule has 2 aliphatic rings. The van der Waals surface area contributed by atoms with Gasteiger partial charge >= 0.3 is 11.9 Å². The van der Waals surface area contributed by atoms with E-state index in [1.807, 2.05) is 12.1 Å². The average Bonchev–Trinajstić information content (AvgIpc) is 2.80. The predicted molar refractivity (Wildman–Crippen MR) is 120 cm³/mol. The van der Waals surface area contributed by atoms with Crippen LogP contribution in [0.1, 0.15) is 22.7 Å². The molecular weight excluding hydrogens is 430 g/mol. The minimum Gasteiger partial charge on any atom is -0.504 e. The van der Waals surface area contributed by atoms with Gasteiger partial charge in [0.25, 0.3) is 0 Å². The van der Waals surface area contributed by atoms with Gasteiger partial charge in [-0.2, -0.15) is 0 Å². The quantitative estimate of drug-likeness (QED) is 0.581. The summed E-state index contributed by atoms with van der Waals surface area (Å²) in [4.78, 5) is 21.5. The fraction of sp³-hybridized carbons (Fsp3) is 0.333. The second-order valence-corrected chi connectivity index (χ2v) is 7.67. The number of hydrogen-bond acceptors (Lipinski definition) is 7. The van der Waals surface area contributed by atoms with E-state index in [4.69, 9.17) is 24.4 Å². The van der Waals surface area contributed by atoms with Crippen LogP contribution < -0.4 is 14.2 Å². The van der Waals surface area contributed by atoms with Crippen LogP contribution in [-0.2, 0) is 22.4 Å². The van der Waals surface area contributed by atoms with Crippen LogP contribution in [0.4, 0.5) is 0 Å². The van der Waals surface area contributed by atoms with E-state index in [0.29, 0.717) is 29.4 Å². The van der Waals surface area contributed by atoms with Crippen molar-refractivity contribution < 1.29 is 39.1 Å². The van der Waals surface area contributed by atoms with Gasteiger partial charge in [0.1, 0.15) is 0 Å². The molecule has 0 aromatic heterocycles. The first kappa shape index (κ1) is 23.9. The Labute approximate surface area is 191 Å². The van der Waals surface area contributed by atoms with Crippen LogP contribution in [0.3, 0.4) is 0 Å². The summed E-state index contributed by atoms with van der Waals surface area (Å²) in [6.45, 7) is 0.994. The van der Waals surface area contributed by atoms with E-state index in [1.165, 1.54) is 11.1 Å². The number of hydrogen-bond donors (Lipinski definition) is 3. The van der Waals surface area contributed by atoms with Crippen molar-refractivity contribution in [3.8, 4) is 34.1 Å². The lowest BCUT2D eigenvalue weighted by atomic mass is 9.76. The van der Waals surface area contributed by atoms with Gasteiger partial charge in [0.05, 0.1) is 21.3 Å².